The molecule has 1 rings (SSSR count). The molecule has 0 radical (unpaired) electrons. The number of halogens is 1. The molecule has 0 unspecified atom stereocenters. The summed E-state index contributed by atoms with van der Waals surface area (Å²) in [7, 11) is 5.03. The zero-order chi connectivity index (χ0) is 13.2. The topological polar surface area (TPSA) is 29.5 Å². The number of ether oxygens (including phenoxy) is 1. The van der Waals surface area contributed by atoms with Gasteiger partial charge in [0.25, 0.3) is 0 Å². The molecule has 0 aliphatic carbocycles. The third kappa shape index (κ3) is 2.64. The summed E-state index contributed by atoms with van der Waals surface area (Å²) in [5.74, 6) is -0.499. The third-order valence-electron chi connectivity index (χ3n) is 3.09. The summed E-state index contributed by atoms with van der Waals surface area (Å²) in [6.45, 7) is 3.61. The Morgan fingerprint density at radius 2 is 1.94 bits per heavy atom. The normalized spacial score (nSPS) is 11.7. The molecule has 0 aromatic heterocycles. The highest BCUT2D eigenvalue weighted by Gasteiger charge is 2.31. The summed E-state index contributed by atoms with van der Waals surface area (Å²) in [5, 5.41) is 0. The van der Waals surface area contributed by atoms with E-state index in [9.17, 15) is 9.18 Å². The molecule has 94 valence electrons. The number of hydrogen-bond donors (Lipinski definition) is 0. The van der Waals surface area contributed by atoms with Crippen LogP contribution in [0.3, 0.4) is 0 Å². The zero-order valence-corrected chi connectivity index (χ0v) is 10.9. The van der Waals surface area contributed by atoms with Crippen LogP contribution in [0.5, 0.6) is 5.75 Å². The lowest BCUT2D eigenvalue weighted by Crippen LogP contribution is -2.45. The number of benzene rings is 1. The van der Waals surface area contributed by atoms with Crippen LogP contribution in [-0.4, -0.2) is 37.4 Å². The standard InChI is InChI=1S/C13H18FNO2/c1-13(2,15(3)4)12(16)9-6-7-11(17-5)10(14)8-9/h6-8H,1-5H3. The second-order valence-corrected chi connectivity index (χ2v) is 4.63. The number of nitrogens with zero attached hydrogens (tertiary/aromatic N) is 1. The highest BCUT2D eigenvalue weighted by Crippen LogP contribution is 2.22. The van der Waals surface area contributed by atoms with Crippen LogP contribution < -0.4 is 4.74 Å². The number of hydrogen-bond acceptors (Lipinski definition) is 3. The molecule has 0 aliphatic rings. The van der Waals surface area contributed by atoms with Gasteiger partial charge in [-0.15, -0.1) is 0 Å². The smallest absolute Gasteiger partial charge is 0.182 e. The number of rotatable bonds is 4. The fourth-order valence-electron chi connectivity index (χ4n) is 1.36. The van der Waals surface area contributed by atoms with E-state index < -0.39 is 11.4 Å². The lowest BCUT2D eigenvalue weighted by molar-refractivity contribution is 0.0755. The highest BCUT2D eigenvalue weighted by atomic mass is 19.1. The molecule has 0 heterocycles. The van der Waals surface area contributed by atoms with E-state index in [4.69, 9.17) is 4.74 Å². The predicted octanol–water partition coefficient (Wildman–Crippen LogP) is 2.36. The monoisotopic (exact) mass is 239 g/mol. The van der Waals surface area contributed by atoms with Crippen LogP contribution in [-0.2, 0) is 0 Å². The van der Waals surface area contributed by atoms with Crippen molar-refractivity contribution in [2.24, 2.45) is 0 Å². The van der Waals surface area contributed by atoms with Crippen LogP contribution in [0.25, 0.3) is 0 Å². The van der Waals surface area contributed by atoms with Gasteiger partial charge in [-0.3, -0.25) is 9.69 Å². The van der Waals surface area contributed by atoms with Gasteiger partial charge in [0.05, 0.1) is 12.6 Å². The van der Waals surface area contributed by atoms with Crippen LogP contribution in [0.2, 0.25) is 0 Å². The van der Waals surface area contributed by atoms with Crippen molar-refractivity contribution < 1.29 is 13.9 Å². The molecule has 0 aliphatic heterocycles. The van der Waals surface area contributed by atoms with Gasteiger partial charge in [-0.1, -0.05) is 0 Å². The molecule has 0 saturated carbocycles. The Balaban J connectivity index is 3.10. The Labute approximate surface area is 101 Å². The number of methoxy groups -OCH3 is 1. The van der Waals surface area contributed by atoms with Gasteiger partial charge in [-0.05, 0) is 46.1 Å². The molecular formula is C13H18FNO2. The zero-order valence-electron chi connectivity index (χ0n) is 10.9. The average molecular weight is 239 g/mol. The maximum atomic E-state index is 13.5. The summed E-state index contributed by atoms with van der Waals surface area (Å²) < 4.78 is 18.3. The van der Waals surface area contributed by atoms with Gasteiger partial charge < -0.3 is 4.74 Å². The maximum absolute atomic E-state index is 13.5. The minimum Gasteiger partial charge on any atom is -0.494 e. The largest absolute Gasteiger partial charge is 0.494 e. The molecule has 0 N–H and O–H groups in total. The lowest BCUT2D eigenvalue weighted by Gasteiger charge is -2.30. The average Bonchev–Trinajstić information content (AvgIpc) is 2.27. The SMILES string of the molecule is COc1ccc(C(=O)C(C)(C)N(C)C)cc1F. The quantitative estimate of drug-likeness (QED) is 0.755. The molecule has 0 spiro atoms. The predicted molar refractivity (Wildman–Crippen MR) is 65.0 cm³/mol. The molecule has 0 amide bonds. The third-order valence-corrected chi connectivity index (χ3v) is 3.09. The van der Waals surface area contributed by atoms with Crippen molar-refractivity contribution in [2.45, 2.75) is 19.4 Å². The maximum Gasteiger partial charge on any atom is 0.182 e. The summed E-state index contributed by atoms with van der Waals surface area (Å²) in [6.07, 6.45) is 0. The molecule has 1 aromatic carbocycles. The van der Waals surface area contributed by atoms with Crippen LogP contribution in [0, 0.1) is 5.82 Å². The van der Waals surface area contributed by atoms with Gasteiger partial charge >= 0.3 is 0 Å². The number of carbonyl (C=O) groups is 1. The van der Waals surface area contributed by atoms with E-state index in [0.29, 0.717) is 5.56 Å². The molecule has 0 fully saturated rings. The lowest BCUT2D eigenvalue weighted by atomic mass is 9.92. The first-order valence-electron chi connectivity index (χ1n) is 5.36. The molecule has 3 nitrogen and oxygen atoms in total. The summed E-state index contributed by atoms with van der Waals surface area (Å²) >= 11 is 0. The van der Waals surface area contributed by atoms with Crippen LogP contribution in [0.15, 0.2) is 18.2 Å². The molecule has 0 atom stereocenters. The molecule has 0 bridgehead atoms. The van der Waals surface area contributed by atoms with E-state index in [2.05, 4.69) is 0 Å². The Morgan fingerprint density at radius 1 is 1.35 bits per heavy atom. The summed E-state index contributed by atoms with van der Waals surface area (Å²) in [6, 6.07) is 4.26. The first-order valence-corrected chi connectivity index (χ1v) is 5.36. The number of likely N-dealkylation sites (N-methyl/N-ethyl adjacent to an activating group) is 1. The number of Topliss-reactive ketones (excluding diaryl/α,β-unsaturated/α-hetero) is 1. The van der Waals surface area contributed by atoms with E-state index in [1.54, 1.807) is 24.8 Å². The van der Waals surface area contributed by atoms with Crippen molar-refractivity contribution in [3.63, 3.8) is 0 Å². The van der Waals surface area contributed by atoms with E-state index in [0.717, 1.165) is 0 Å². The van der Waals surface area contributed by atoms with E-state index >= 15 is 0 Å². The minimum absolute atomic E-state index is 0.121. The van der Waals surface area contributed by atoms with Gasteiger partial charge in [0.2, 0.25) is 0 Å². The Kier molecular flexibility index (Phi) is 3.88. The molecule has 4 heteroatoms. The second kappa shape index (κ2) is 4.84. The Bertz CT molecular complexity index is 427. The Hall–Kier alpha value is -1.42. The van der Waals surface area contributed by atoms with Gasteiger partial charge in [0.15, 0.2) is 17.3 Å². The van der Waals surface area contributed by atoms with Crippen LogP contribution >= 0.6 is 0 Å². The summed E-state index contributed by atoms with van der Waals surface area (Å²) in [4.78, 5) is 14.0. The minimum atomic E-state index is -0.666. The second-order valence-electron chi connectivity index (χ2n) is 4.63. The van der Waals surface area contributed by atoms with Crippen LogP contribution in [0.4, 0.5) is 4.39 Å². The number of carbonyl (C=O) groups excluding carboxylic acids is 1. The van der Waals surface area contributed by atoms with Gasteiger partial charge in [0, 0.05) is 5.56 Å². The van der Waals surface area contributed by atoms with E-state index in [-0.39, 0.29) is 11.5 Å². The van der Waals surface area contributed by atoms with E-state index in [1.807, 2.05) is 14.1 Å². The van der Waals surface area contributed by atoms with Gasteiger partial charge in [-0.25, -0.2) is 4.39 Å². The van der Waals surface area contributed by atoms with Crippen molar-refractivity contribution in [2.75, 3.05) is 21.2 Å². The first kappa shape index (κ1) is 13.6. The van der Waals surface area contributed by atoms with Gasteiger partial charge in [0.1, 0.15) is 0 Å². The van der Waals surface area contributed by atoms with Gasteiger partial charge in [-0.2, -0.15) is 0 Å². The van der Waals surface area contributed by atoms with Crippen molar-refractivity contribution in [1.29, 1.82) is 0 Å². The molecule has 1 aromatic rings. The van der Waals surface area contributed by atoms with Crippen molar-refractivity contribution in [3.05, 3.63) is 29.6 Å². The van der Waals surface area contributed by atoms with Crippen molar-refractivity contribution >= 4 is 5.78 Å². The van der Waals surface area contributed by atoms with Crippen molar-refractivity contribution in [1.82, 2.24) is 4.90 Å². The Morgan fingerprint density at radius 3 is 2.35 bits per heavy atom. The molecular weight excluding hydrogens is 221 g/mol. The fraction of sp³-hybridized carbons (Fsp3) is 0.462. The highest BCUT2D eigenvalue weighted by molar-refractivity contribution is 6.02. The molecule has 0 saturated heterocycles. The molecule has 17 heavy (non-hydrogen) atoms. The van der Waals surface area contributed by atoms with Crippen molar-refractivity contribution in [3.8, 4) is 5.75 Å². The van der Waals surface area contributed by atoms with Crippen LogP contribution in [0.1, 0.15) is 24.2 Å². The number of ketones is 1. The summed E-state index contributed by atoms with van der Waals surface area (Å²) in [5.41, 5.74) is -0.317. The van der Waals surface area contributed by atoms with E-state index in [1.165, 1.54) is 19.2 Å². The fourth-order valence-corrected chi connectivity index (χ4v) is 1.36. The first-order chi connectivity index (χ1) is 7.80.